The van der Waals surface area contributed by atoms with Crippen LogP contribution in [0, 0.1) is 10.1 Å². The van der Waals surface area contributed by atoms with E-state index >= 15 is 0 Å². The van der Waals surface area contributed by atoms with Gasteiger partial charge in [-0.1, -0.05) is 30.3 Å². The fourth-order valence-electron chi connectivity index (χ4n) is 2.69. The molecule has 0 fully saturated rings. The smallest absolute Gasteiger partial charge is 0.310 e. The highest BCUT2D eigenvalue weighted by Crippen LogP contribution is 2.22. The van der Waals surface area contributed by atoms with Crippen LogP contribution in [-0.4, -0.2) is 23.1 Å². The van der Waals surface area contributed by atoms with Crippen LogP contribution in [0.25, 0.3) is 10.8 Å². The van der Waals surface area contributed by atoms with Gasteiger partial charge < -0.3 is 14.3 Å². The van der Waals surface area contributed by atoms with Crippen LogP contribution >= 0.6 is 0 Å². The molecule has 2 aromatic carbocycles. The summed E-state index contributed by atoms with van der Waals surface area (Å²) in [6.07, 6.45) is 0.131. The van der Waals surface area contributed by atoms with Crippen LogP contribution in [0.1, 0.15) is 17.0 Å². The van der Waals surface area contributed by atoms with Gasteiger partial charge in [-0.2, -0.15) is 0 Å². The summed E-state index contributed by atoms with van der Waals surface area (Å²) in [4.78, 5) is 30.8. The second-order valence-corrected chi connectivity index (χ2v) is 6.00. The molecule has 3 aromatic rings. The quantitative estimate of drug-likeness (QED) is 0.335. The van der Waals surface area contributed by atoms with Crippen molar-refractivity contribution in [1.82, 2.24) is 4.98 Å². The number of methoxy groups -OCH3 is 1. The third kappa shape index (κ3) is 5.16. The largest absolute Gasteiger partial charge is 0.497 e. The van der Waals surface area contributed by atoms with Gasteiger partial charge in [-0.15, -0.1) is 10.1 Å². The third-order valence-electron chi connectivity index (χ3n) is 4.02. The van der Waals surface area contributed by atoms with Crippen LogP contribution in [0.3, 0.4) is 0 Å². The maximum Gasteiger partial charge on any atom is 0.310 e. The Balaban J connectivity index is 1.57. The van der Waals surface area contributed by atoms with Crippen molar-refractivity contribution in [2.75, 3.05) is 7.11 Å². The maximum atomic E-state index is 12.1. The zero-order chi connectivity index (χ0) is 19.9. The molecular formula is C20H18N2O6. The molecule has 0 unspecified atom stereocenters. The SMILES string of the molecule is COc1ccc2cc(CC(=O)OCc3cccc(CO[N+](=O)[O-])n3)ccc2c1. The lowest BCUT2D eigenvalue weighted by Crippen LogP contribution is -2.09. The second kappa shape index (κ2) is 8.81. The lowest BCUT2D eigenvalue weighted by molar-refractivity contribution is -0.763. The van der Waals surface area contributed by atoms with Crippen molar-refractivity contribution in [3.8, 4) is 5.75 Å². The summed E-state index contributed by atoms with van der Waals surface area (Å²) >= 11 is 0. The summed E-state index contributed by atoms with van der Waals surface area (Å²) in [7, 11) is 1.62. The number of esters is 1. The maximum absolute atomic E-state index is 12.1. The minimum atomic E-state index is -0.881. The molecular weight excluding hydrogens is 364 g/mol. The molecule has 1 heterocycles. The van der Waals surface area contributed by atoms with Gasteiger partial charge in [0.1, 0.15) is 19.0 Å². The van der Waals surface area contributed by atoms with E-state index in [0.29, 0.717) is 11.4 Å². The first-order valence-corrected chi connectivity index (χ1v) is 8.48. The van der Waals surface area contributed by atoms with Crippen LogP contribution in [0.15, 0.2) is 54.6 Å². The molecule has 0 bridgehead atoms. The zero-order valence-corrected chi connectivity index (χ0v) is 15.2. The minimum Gasteiger partial charge on any atom is -0.497 e. The number of aromatic nitrogens is 1. The van der Waals surface area contributed by atoms with Crippen molar-refractivity contribution in [3.63, 3.8) is 0 Å². The lowest BCUT2D eigenvalue weighted by atomic mass is 10.0. The fraction of sp³-hybridized carbons (Fsp3) is 0.200. The number of fused-ring (bicyclic) bond motifs is 1. The topological polar surface area (TPSA) is 101 Å². The van der Waals surface area contributed by atoms with E-state index in [-0.39, 0.29) is 25.6 Å². The van der Waals surface area contributed by atoms with Gasteiger partial charge >= 0.3 is 5.97 Å². The van der Waals surface area contributed by atoms with E-state index in [9.17, 15) is 14.9 Å². The molecule has 0 saturated heterocycles. The van der Waals surface area contributed by atoms with Gasteiger partial charge in [-0.25, -0.2) is 0 Å². The molecule has 0 saturated carbocycles. The fourth-order valence-corrected chi connectivity index (χ4v) is 2.69. The molecule has 0 aliphatic rings. The highest BCUT2D eigenvalue weighted by atomic mass is 16.9. The van der Waals surface area contributed by atoms with Gasteiger partial charge in [0.15, 0.2) is 0 Å². The first-order valence-electron chi connectivity index (χ1n) is 8.48. The predicted octanol–water partition coefficient (Wildman–Crippen LogP) is 3.24. The molecule has 0 amide bonds. The summed E-state index contributed by atoms with van der Waals surface area (Å²) in [5, 5.41) is 11.4. The van der Waals surface area contributed by atoms with Crippen molar-refractivity contribution in [2.24, 2.45) is 0 Å². The monoisotopic (exact) mass is 382 g/mol. The van der Waals surface area contributed by atoms with Crippen molar-refractivity contribution in [2.45, 2.75) is 19.6 Å². The Morgan fingerprint density at radius 1 is 1.04 bits per heavy atom. The third-order valence-corrected chi connectivity index (χ3v) is 4.02. The molecule has 0 N–H and O–H groups in total. The van der Waals surface area contributed by atoms with Gasteiger partial charge in [-0.3, -0.25) is 9.78 Å². The van der Waals surface area contributed by atoms with Crippen molar-refractivity contribution in [1.29, 1.82) is 0 Å². The average Bonchev–Trinajstić information content (AvgIpc) is 2.70. The van der Waals surface area contributed by atoms with Crippen LogP contribution < -0.4 is 4.74 Å². The minimum absolute atomic E-state index is 0.0179. The molecule has 144 valence electrons. The van der Waals surface area contributed by atoms with Gasteiger partial charge in [0.25, 0.3) is 5.09 Å². The normalized spacial score (nSPS) is 10.5. The molecule has 8 nitrogen and oxygen atoms in total. The Morgan fingerprint density at radius 3 is 2.50 bits per heavy atom. The molecule has 0 atom stereocenters. The molecule has 28 heavy (non-hydrogen) atoms. The number of hydrogen-bond acceptors (Lipinski definition) is 7. The van der Waals surface area contributed by atoms with Gasteiger partial charge in [0.2, 0.25) is 0 Å². The number of benzene rings is 2. The zero-order valence-electron chi connectivity index (χ0n) is 15.2. The lowest BCUT2D eigenvalue weighted by Gasteiger charge is -2.07. The summed E-state index contributed by atoms with van der Waals surface area (Å²) in [6, 6.07) is 16.4. The number of carbonyl (C=O) groups is 1. The van der Waals surface area contributed by atoms with Crippen molar-refractivity contribution >= 4 is 16.7 Å². The van der Waals surface area contributed by atoms with Crippen LogP contribution in [0.2, 0.25) is 0 Å². The van der Waals surface area contributed by atoms with Crippen LogP contribution in [0.5, 0.6) is 5.75 Å². The van der Waals surface area contributed by atoms with E-state index < -0.39 is 5.09 Å². The van der Waals surface area contributed by atoms with Crippen LogP contribution in [-0.2, 0) is 34.0 Å². The molecule has 0 aliphatic heterocycles. The molecule has 1 aromatic heterocycles. The van der Waals surface area contributed by atoms with E-state index in [1.54, 1.807) is 25.3 Å². The summed E-state index contributed by atoms with van der Waals surface area (Å²) < 4.78 is 10.5. The Labute approximate surface area is 160 Å². The highest BCUT2D eigenvalue weighted by molar-refractivity contribution is 5.85. The van der Waals surface area contributed by atoms with E-state index in [1.807, 2.05) is 36.4 Å². The molecule has 8 heteroatoms. The van der Waals surface area contributed by atoms with Crippen LogP contribution in [0.4, 0.5) is 0 Å². The van der Waals surface area contributed by atoms with Gasteiger partial charge in [0.05, 0.1) is 24.9 Å². The molecule has 3 rings (SSSR count). The molecule has 0 aliphatic carbocycles. The Kier molecular flexibility index (Phi) is 6.01. The first kappa shape index (κ1) is 19.1. The van der Waals surface area contributed by atoms with Gasteiger partial charge in [0, 0.05) is 0 Å². The highest BCUT2D eigenvalue weighted by Gasteiger charge is 2.08. The number of rotatable bonds is 8. The predicted molar refractivity (Wildman–Crippen MR) is 100 cm³/mol. The summed E-state index contributed by atoms with van der Waals surface area (Å²) in [5.74, 6) is 0.389. The number of pyridine rings is 1. The average molecular weight is 382 g/mol. The number of nitrogens with zero attached hydrogens (tertiary/aromatic N) is 2. The molecule has 0 radical (unpaired) electrons. The number of ether oxygens (including phenoxy) is 2. The van der Waals surface area contributed by atoms with E-state index in [4.69, 9.17) is 9.47 Å². The number of hydrogen-bond donors (Lipinski definition) is 0. The van der Waals surface area contributed by atoms with Crippen molar-refractivity contribution < 1.29 is 24.2 Å². The van der Waals surface area contributed by atoms with E-state index in [1.165, 1.54) is 0 Å². The Morgan fingerprint density at radius 2 is 1.75 bits per heavy atom. The Hall–Kier alpha value is -3.68. The first-order chi connectivity index (χ1) is 13.5. The standard InChI is InChI=1S/C20H18N2O6/c1-26-19-8-7-15-9-14(5-6-16(15)11-19)10-20(23)27-12-17-3-2-4-18(21-17)13-28-22(24)25/h2-9,11H,10,12-13H2,1H3. The summed E-state index contributed by atoms with van der Waals surface area (Å²) in [5.41, 5.74) is 1.71. The Bertz CT molecular complexity index is 1000. The van der Waals surface area contributed by atoms with Gasteiger partial charge in [-0.05, 0) is 40.6 Å². The molecule has 0 spiro atoms. The number of carbonyl (C=O) groups excluding carboxylic acids is 1. The summed E-state index contributed by atoms with van der Waals surface area (Å²) in [6.45, 7) is -0.271. The second-order valence-electron chi connectivity index (χ2n) is 6.00. The van der Waals surface area contributed by atoms with Crippen molar-refractivity contribution in [3.05, 3.63) is 81.7 Å². The van der Waals surface area contributed by atoms with E-state index in [0.717, 1.165) is 22.1 Å². The van der Waals surface area contributed by atoms with E-state index in [2.05, 4.69) is 9.82 Å².